The van der Waals surface area contributed by atoms with E-state index in [-0.39, 0.29) is 12.5 Å². The van der Waals surface area contributed by atoms with Crippen LogP contribution in [0.1, 0.15) is 40.5 Å². The lowest BCUT2D eigenvalue weighted by molar-refractivity contribution is 0.104. The van der Waals surface area contributed by atoms with E-state index in [1.54, 1.807) is 0 Å². The molecule has 1 aliphatic heterocycles. The summed E-state index contributed by atoms with van der Waals surface area (Å²) in [6.07, 6.45) is -0.955. The molecule has 4 heteroatoms. The van der Waals surface area contributed by atoms with Gasteiger partial charge in [0, 0.05) is 32.1 Å². The summed E-state index contributed by atoms with van der Waals surface area (Å²) in [4.78, 5) is 2.07. The van der Waals surface area contributed by atoms with E-state index in [9.17, 15) is 8.78 Å². The van der Waals surface area contributed by atoms with Crippen molar-refractivity contribution >= 4 is 0 Å². The highest BCUT2D eigenvalue weighted by molar-refractivity contribution is 4.76. The van der Waals surface area contributed by atoms with Gasteiger partial charge in [0.1, 0.15) is 0 Å². The monoisotopic (exact) mass is 238 g/mol. The van der Waals surface area contributed by atoms with Crippen LogP contribution < -0.4 is 5.32 Å². The summed E-state index contributed by atoms with van der Waals surface area (Å²) < 4.78 is 23.8. The minimum atomic E-state index is -2.18. The van der Waals surface area contributed by atoms with Crippen LogP contribution in [-0.4, -0.2) is 44.0 Å². The van der Waals surface area contributed by atoms with Crippen molar-refractivity contribution < 1.29 is 8.78 Å². The predicted molar refractivity (Wildman–Crippen MR) is 67.2 cm³/mol. The van der Waals surface area contributed by atoms with Crippen molar-refractivity contribution in [1.29, 1.82) is 0 Å². The van der Waals surface area contributed by atoms with Crippen molar-refractivity contribution in [3.05, 3.63) is 0 Å². The quantitative estimate of drug-likeness (QED) is 0.795. The topological polar surface area (TPSA) is 15.3 Å². The largest absolute Gasteiger partial charge is 0.311 e. The molecule has 1 unspecified atom stereocenters. The molecule has 0 saturated carbocycles. The molecule has 0 aromatic rings. The number of rotatable bonds is 2. The van der Waals surface area contributed by atoms with Crippen LogP contribution in [0, 0.1) is 0 Å². The first-order valence-corrected chi connectivity index (χ1v) is 6.30. The number of hydrogen-bond donors (Lipinski definition) is 1. The summed E-state index contributed by atoms with van der Waals surface area (Å²) in [7, 11) is 1.96. The number of alkyl halides is 2. The average molecular weight is 238 g/mol. The number of nitrogens with one attached hydrogen (secondary N) is 1. The Balaban J connectivity index is 0. The third-order valence-electron chi connectivity index (χ3n) is 1.92. The summed E-state index contributed by atoms with van der Waals surface area (Å²) >= 11 is 0. The van der Waals surface area contributed by atoms with E-state index >= 15 is 0 Å². The zero-order valence-electron chi connectivity index (χ0n) is 11.4. The van der Waals surface area contributed by atoms with Crippen LogP contribution in [0.2, 0.25) is 0 Å². The van der Waals surface area contributed by atoms with E-state index < -0.39 is 6.43 Å². The van der Waals surface area contributed by atoms with Gasteiger partial charge < -0.3 is 10.2 Å². The second kappa shape index (κ2) is 12.8. The van der Waals surface area contributed by atoms with E-state index in [1.807, 2.05) is 20.9 Å². The first-order chi connectivity index (χ1) is 7.60. The predicted octanol–water partition coefficient (Wildman–Crippen LogP) is 2.99. The number of likely N-dealkylation sites (N-methyl/N-ethyl adjacent to an activating group) is 1. The Morgan fingerprint density at radius 2 is 1.81 bits per heavy atom. The van der Waals surface area contributed by atoms with E-state index in [2.05, 4.69) is 24.1 Å². The second-order valence-electron chi connectivity index (χ2n) is 3.75. The molecule has 0 radical (unpaired) electrons. The van der Waals surface area contributed by atoms with Crippen LogP contribution in [0.5, 0.6) is 0 Å². The minimum absolute atomic E-state index is 0.0197. The fourth-order valence-electron chi connectivity index (χ4n) is 1.36. The van der Waals surface area contributed by atoms with Gasteiger partial charge in [-0.15, -0.1) is 0 Å². The van der Waals surface area contributed by atoms with Crippen LogP contribution in [0.15, 0.2) is 0 Å². The number of hydrogen-bond acceptors (Lipinski definition) is 2. The summed E-state index contributed by atoms with van der Waals surface area (Å²) in [5, 5.41) is 3.06. The first-order valence-electron chi connectivity index (χ1n) is 6.30. The van der Waals surface area contributed by atoms with Crippen LogP contribution in [0.25, 0.3) is 0 Å². The van der Waals surface area contributed by atoms with Crippen molar-refractivity contribution in [3.8, 4) is 0 Å². The van der Waals surface area contributed by atoms with Gasteiger partial charge in [-0.3, -0.25) is 0 Å². The number of piperazine rings is 1. The van der Waals surface area contributed by atoms with E-state index in [0.717, 1.165) is 19.6 Å². The fourth-order valence-corrected chi connectivity index (χ4v) is 1.36. The van der Waals surface area contributed by atoms with Gasteiger partial charge in [0.15, 0.2) is 0 Å². The zero-order valence-corrected chi connectivity index (χ0v) is 11.4. The molecule has 1 atom stereocenters. The smallest absolute Gasteiger partial charge is 0.240 e. The van der Waals surface area contributed by atoms with Gasteiger partial charge in [-0.05, 0) is 7.05 Å². The lowest BCUT2D eigenvalue weighted by atomic mass is 10.1. The highest BCUT2D eigenvalue weighted by Crippen LogP contribution is 2.07. The van der Waals surface area contributed by atoms with Gasteiger partial charge in [0.2, 0.25) is 6.43 Å². The fraction of sp³-hybridized carbons (Fsp3) is 1.00. The maximum atomic E-state index is 11.9. The molecule has 0 spiro atoms. The summed E-state index contributed by atoms with van der Waals surface area (Å²) in [6.45, 7) is 10.8. The maximum Gasteiger partial charge on any atom is 0.240 e. The Labute approximate surface area is 99.4 Å². The summed E-state index contributed by atoms with van der Waals surface area (Å²) in [5.41, 5.74) is 0. The molecule has 0 amide bonds. The molecule has 0 aromatic carbocycles. The normalized spacial score (nSPS) is 20.6. The van der Waals surface area contributed by atoms with Gasteiger partial charge in [-0.25, -0.2) is 8.78 Å². The molecule has 1 saturated heterocycles. The zero-order chi connectivity index (χ0) is 13.0. The minimum Gasteiger partial charge on any atom is -0.311 e. The molecule has 0 aromatic heterocycles. The van der Waals surface area contributed by atoms with Gasteiger partial charge in [-0.1, -0.05) is 34.1 Å². The summed E-state index contributed by atoms with van der Waals surface area (Å²) in [6, 6.07) is -0.0197. The molecule has 16 heavy (non-hydrogen) atoms. The Kier molecular flexibility index (Phi) is 14.6. The van der Waals surface area contributed by atoms with E-state index in [4.69, 9.17) is 0 Å². The Bertz CT molecular complexity index is 130. The molecule has 0 aliphatic carbocycles. The lowest BCUT2D eigenvalue weighted by Gasteiger charge is -2.30. The van der Waals surface area contributed by atoms with Gasteiger partial charge in [0.25, 0.3) is 0 Å². The van der Waals surface area contributed by atoms with Crippen LogP contribution in [-0.2, 0) is 0 Å². The third kappa shape index (κ3) is 11.9. The number of nitrogens with zero attached hydrogens (tertiary/aromatic N) is 1. The van der Waals surface area contributed by atoms with Crippen LogP contribution >= 0.6 is 0 Å². The van der Waals surface area contributed by atoms with Crippen molar-refractivity contribution in [3.63, 3.8) is 0 Å². The van der Waals surface area contributed by atoms with E-state index in [0.29, 0.717) is 0 Å². The third-order valence-corrected chi connectivity index (χ3v) is 1.92. The second-order valence-corrected chi connectivity index (χ2v) is 3.75. The molecule has 2 nitrogen and oxygen atoms in total. The molecule has 1 rings (SSSR count). The Hall–Kier alpha value is -0.220. The van der Waals surface area contributed by atoms with E-state index in [1.165, 1.54) is 6.42 Å². The summed E-state index contributed by atoms with van der Waals surface area (Å²) in [5.74, 6) is 0. The first kappa shape index (κ1) is 18.2. The van der Waals surface area contributed by atoms with Crippen molar-refractivity contribution in [2.24, 2.45) is 0 Å². The van der Waals surface area contributed by atoms with Crippen LogP contribution in [0.3, 0.4) is 0 Å². The molecule has 1 fully saturated rings. The maximum absolute atomic E-state index is 11.9. The molecule has 100 valence electrons. The van der Waals surface area contributed by atoms with Gasteiger partial charge >= 0.3 is 0 Å². The van der Waals surface area contributed by atoms with Crippen molar-refractivity contribution in [1.82, 2.24) is 10.2 Å². The molecule has 0 bridgehead atoms. The van der Waals surface area contributed by atoms with Gasteiger partial charge in [0.05, 0.1) is 0 Å². The van der Waals surface area contributed by atoms with Crippen molar-refractivity contribution in [2.45, 2.75) is 53.0 Å². The molecular formula is C12H28F2N2. The average Bonchev–Trinajstić information content (AvgIpc) is 2.21. The Morgan fingerprint density at radius 3 is 2.19 bits per heavy atom. The highest BCUT2D eigenvalue weighted by Gasteiger charge is 2.19. The lowest BCUT2D eigenvalue weighted by Crippen LogP contribution is -2.49. The molecular weight excluding hydrogens is 210 g/mol. The SMILES string of the molecule is CC.CCC.CN1CCNC(CC(F)F)C1. The van der Waals surface area contributed by atoms with Crippen molar-refractivity contribution in [2.75, 3.05) is 26.7 Å². The highest BCUT2D eigenvalue weighted by atomic mass is 19.3. The molecule has 1 aliphatic rings. The standard InChI is InChI=1S/C7H14F2N2.C3H8.C2H6/c1-11-3-2-10-6(5-11)4-7(8)9;1-3-2;1-2/h6-7,10H,2-5H2,1H3;3H2,1-2H3;1-2H3. The van der Waals surface area contributed by atoms with Crippen LogP contribution in [0.4, 0.5) is 8.78 Å². The molecule has 1 N–H and O–H groups in total. The van der Waals surface area contributed by atoms with Gasteiger partial charge in [-0.2, -0.15) is 0 Å². The Morgan fingerprint density at radius 1 is 1.31 bits per heavy atom. The molecule has 1 heterocycles. The number of halogens is 2.